The van der Waals surface area contributed by atoms with E-state index in [1.54, 1.807) is 24.3 Å². The van der Waals surface area contributed by atoms with Crippen LogP contribution in [0.15, 0.2) is 45.6 Å². The first kappa shape index (κ1) is 19.9. The first-order valence-corrected chi connectivity index (χ1v) is 7.92. The molecule has 0 aliphatic carbocycles. The molecule has 1 aromatic heterocycles. The number of ether oxygens (including phenoxy) is 1. The van der Waals surface area contributed by atoms with E-state index in [1.165, 1.54) is 19.2 Å². The molecule has 3 aromatic rings. The average Bonchev–Trinajstić information content (AvgIpc) is 2.55. The normalized spacial score (nSPS) is 10.8. The maximum atomic E-state index is 13.1. The summed E-state index contributed by atoms with van der Waals surface area (Å²) >= 11 is 5.94. The van der Waals surface area contributed by atoms with Gasteiger partial charge in [-0.2, -0.15) is 0 Å². The number of rotatable bonds is 3. The van der Waals surface area contributed by atoms with Gasteiger partial charge < -0.3 is 14.3 Å². The molecule has 0 aliphatic rings. The van der Waals surface area contributed by atoms with E-state index in [1.807, 2.05) is 13.8 Å². The van der Waals surface area contributed by atoms with E-state index < -0.39 is 0 Å². The first-order chi connectivity index (χ1) is 11.4. The number of hydrogen-bond donors (Lipinski definition) is 0. The molecule has 0 atom stereocenters. The zero-order valence-corrected chi connectivity index (χ0v) is 17.3. The number of methoxy groups -OCH3 is 1. The van der Waals surface area contributed by atoms with Gasteiger partial charge in [-0.25, -0.2) is 0 Å². The zero-order valence-electron chi connectivity index (χ0n) is 14.6. The van der Waals surface area contributed by atoms with Gasteiger partial charge in [0.25, 0.3) is 0 Å². The Bertz CT molecular complexity index is 962. The molecule has 3 rings (SSSR count). The second-order valence-corrected chi connectivity index (χ2v) is 6.24. The molecule has 6 heteroatoms. The van der Waals surface area contributed by atoms with Crippen molar-refractivity contribution >= 4 is 22.6 Å². The fraction of sp³-hybridized carbons (Fsp3) is 0.211. The van der Waals surface area contributed by atoms with Crippen LogP contribution in [-0.2, 0) is 0 Å². The van der Waals surface area contributed by atoms with E-state index in [0.717, 1.165) is 5.56 Å². The maximum Gasteiger partial charge on any atom is 1.00 e. The van der Waals surface area contributed by atoms with Crippen LogP contribution in [-0.4, -0.2) is 7.11 Å². The van der Waals surface area contributed by atoms with Crippen LogP contribution in [0.1, 0.15) is 25.5 Å². The molecule has 0 amide bonds. The van der Waals surface area contributed by atoms with Gasteiger partial charge in [0.15, 0.2) is 11.3 Å². The largest absolute Gasteiger partial charge is 1.00 e. The van der Waals surface area contributed by atoms with Gasteiger partial charge in [-0.05, 0) is 23.8 Å². The molecule has 0 radical (unpaired) electrons. The summed E-state index contributed by atoms with van der Waals surface area (Å²) in [5.74, 6) is 0.197. The second-order valence-electron chi connectivity index (χ2n) is 5.81. The van der Waals surface area contributed by atoms with Crippen molar-refractivity contribution in [3.8, 4) is 22.6 Å². The smallest absolute Gasteiger partial charge is 0.870 e. The Morgan fingerprint density at radius 2 is 1.76 bits per heavy atom. The van der Waals surface area contributed by atoms with Crippen molar-refractivity contribution in [2.24, 2.45) is 0 Å². The Kier molecular flexibility index (Phi) is 6.22. The third-order valence-electron chi connectivity index (χ3n) is 3.87. The summed E-state index contributed by atoms with van der Waals surface area (Å²) in [7, 11) is 1.39. The van der Waals surface area contributed by atoms with E-state index >= 15 is 0 Å². The van der Waals surface area contributed by atoms with E-state index in [2.05, 4.69) is 0 Å². The van der Waals surface area contributed by atoms with Crippen molar-refractivity contribution in [2.45, 2.75) is 19.8 Å². The fourth-order valence-electron chi connectivity index (χ4n) is 2.72. The molecule has 0 spiro atoms. The summed E-state index contributed by atoms with van der Waals surface area (Å²) in [6, 6.07) is 9.82. The molecule has 0 bridgehead atoms. The van der Waals surface area contributed by atoms with Crippen LogP contribution in [0.5, 0.6) is 11.5 Å². The van der Waals surface area contributed by atoms with E-state index in [4.69, 9.17) is 20.8 Å². The van der Waals surface area contributed by atoms with Crippen molar-refractivity contribution in [2.75, 3.05) is 7.11 Å². The second kappa shape index (κ2) is 7.83. The van der Waals surface area contributed by atoms with Gasteiger partial charge in [-0.15, -0.1) is 0 Å². The van der Waals surface area contributed by atoms with Crippen LogP contribution in [0.25, 0.3) is 22.1 Å². The van der Waals surface area contributed by atoms with Crippen molar-refractivity contribution in [3.05, 3.63) is 57.4 Å². The summed E-state index contributed by atoms with van der Waals surface area (Å²) < 4.78 is 11.1. The number of hydrogen-bond acceptors (Lipinski definition) is 4. The van der Waals surface area contributed by atoms with Gasteiger partial charge in [0.05, 0.1) is 18.1 Å². The molecular weight excluding hydrogens is 351 g/mol. The molecule has 124 valence electrons. The van der Waals surface area contributed by atoms with Crippen LogP contribution < -0.4 is 44.8 Å². The van der Waals surface area contributed by atoms with Crippen molar-refractivity contribution in [1.82, 2.24) is 0 Å². The Morgan fingerprint density at radius 3 is 2.32 bits per heavy atom. The number of fused-ring (bicyclic) bond motifs is 1. The van der Waals surface area contributed by atoms with E-state index in [-0.39, 0.29) is 58.0 Å². The maximum absolute atomic E-state index is 13.1. The molecule has 0 fully saturated rings. The third-order valence-corrected chi connectivity index (χ3v) is 4.12. The van der Waals surface area contributed by atoms with E-state index in [0.29, 0.717) is 21.7 Å². The molecule has 0 saturated heterocycles. The van der Waals surface area contributed by atoms with Crippen molar-refractivity contribution in [1.29, 1.82) is 0 Å². The van der Waals surface area contributed by atoms with E-state index in [9.17, 15) is 9.90 Å². The Balaban J connectivity index is 0.00000225. The summed E-state index contributed by atoms with van der Waals surface area (Å²) in [5.41, 5.74) is 1.20. The van der Waals surface area contributed by atoms with Crippen LogP contribution in [0.4, 0.5) is 0 Å². The van der Waals surface area contributed by atoms with Crippen LogP contribution in [0, 0.1) is 0 Å². The minimum atomic E-state index is -0.318. The predicted molar refractivity (Wildman–Crippen MR) is 93.0 cm³/mol. The van der Waals surface area contributed by atoms with Crippen LogP contribution in [0.3, 0.4) is 0 Å². The van der Waals surface area contributed by atoms with Crippen molar-refractivity contribution in [3.63, 3.8) is 0 Å². The fourth-order valence-corrected chi connectivity index (χ4v) is 2.85. The number of halogens is 1. The SMILES string of the molecule is COc1c([O-])ccc2c(=O)c(-c3ccc(Cl)cc3)c(C(C)C)oc12.[Na+]. The van der Waals surface area contributed by atoms with Gasteiger partial charge in [-0.1, -0.05) is 49.4 Å². The Labute approximate surface area is 172 Å². The summed E-state index contributed by atoms with van der Waals surface area (Å²) in [6.07, 6.45) is 0. The summed E-state index contributed by atoms with van der Waals surface area (Å²) in [5, 5.41) is 12.9. The molecule has 25 heavy (non-hydrogen) atoms. The molecule has 0 saturated carbocycles. The van der Waals surface area contributed by atoms with Crippen LogP contribution in [0.2, 0.25) is 5.02 Å². The monoisotopic (exact) mass is 366 g/mol. The summed E-state index contributed by atoms with van der Waals surface area (Å²) in [4.78, 5) is 13.1. The molecule has 1 heterocycles. The van der Waals surface area contributed by atoms with Gasteiger partial charge >= 0.3 is 29.6 Å². The number of benzene rings is 2. The molecule has 2 aromatic carbocycles. The van der Waals surface area contributed by atoms with Gasteiger partial charge in [0, 0.05) is 10.9 Å². The minimum Gasteiger partial charge on any atom is -0.870 e. The van der Waals surface area contributed by atoms with Gasteiger partial charge in [0.1, 0.15) is 5.76 Å². The van der Waals surface area contributed by atoms with Crippen molar-refractivity contribution < 1.29 is 43.8 Å². The molecule has 0 unspecified atom stereocenters. The molecule has 0 aliphatic heterocycles. The first-order valence-electron chi connectivity index (χ1n) is 7.54. The molecular formula is C19H16ClNaO4. The Morgan fingerprint density at radius 1 is 1.12 bits per heavy atom. The molecule has 0 N–H and O–H groups in total. The van der Waals surface area contributed by atoms with Gasteiger partial charge in [0.2, 0.25) is 5.43 Å². The van der Waals surface area contributed by atoms with Gasteiger partial charge in [-0.3, -0.25) is 4.79 Å². The summed E-state index contributed by atoms with van der Waals surface area (Å²) in [6.45, 7) is 3.86. The topological polar surface area (TPSA) is 62.5 Å². The standard InChI is InChI=1S/C19H17ClO4.Na/c1-10(2)17-15(11-4-6-12(20)7-5-11)16(22)13-8-9-14(21)19(23-3)18(13)24-17;/h4-10,21H,1-3H3;/q;+1/p-1. The average molecular weight is 367 g/mol. The quantitative estimate of drug-likeness (QED) is 0.656. The third kappa shape index (κ3) is 3.58. The predicted octanol–water partition coefficient (Wildman–Crippen LogP) is 1.32. The molecule has 4 nitrogen and oxygen atoms in total. The Hall–Kier alpha value is -1.46. The zero-order chi connectivity index (χ0) is 17.4. The minimum absolute atomic E-state index is 0. The van der Waals surface area contributed by atoms with Crippen LogP contribution >= 0.6 is 11.6 Å².